The predicted molar refractivity (Wildman–Crippen MR) is 80.5 cm³/mol. The van der Waals surface area contributed by atoms with Crippen molar-refractivity contribution < 1.29 is 8.42 Å². The summed E-state index contributed by atoms with van der Waals surface area (Å²) in [6.45, 7) is 2.41. The van der Waals surface area contributed by atoms with Crippen LogP contribution >= 0.6 is 0 Å². The zero-order valence-electron chi connectivity index (χ0n) is 12.0. The van der Waals surface area contributed by atoms with Crippen LogP contribution in [0.2, 0.25) is 0 Å². The topological polar surface area (TPSA) is 64.0 Å². The van der Waals surface area contributed by atoms with E-state index in [0.29, 0.717) is 11.4 Å². The Labute approximate surface area is 125 Å². The number of nitrogens with zero attached hydrogens (tertiary/aromatic N) is 2. The van der Waals surface area contributed by atoms with Gasteiger partial charge in [-0.3, -0.25) is 0 Å². The van der Waals surface area contributed by atoms with Crippen molar-refractivity contribution in [3.63, 3.8) is 0 Å². The van der Waals surface area contributed by atoms with E-state index in [1.807, 2.05) is 29.8 Å². The quantitative estimate of drug-likeness (QED) is 0.915. The molecule has 2 aromatic rings. The first kappa shape index (κ1) is 14.3. The van der Waals surface area contributed by atoms with E-state index in [4.69, 9.17) is 0 Å². The molecule has 1 aliphatic carbocycles. The number of benzene rings is 1. The molecule has 21 heavy (non-hydrogen) atoms. The van der Waals surface area contributed by atoms with Crippen LogP contribution in [-0.2, 0) is 29.4 Å². The standard InChI is InChI=1S/C15H19N3O2S/c1-12(10-18-8-7-16-11-18)17-21(19,20)15-6-5-13-3-2-4-14(13)9-15/h5-9,11-12,17H,2-4,10H2,1H3/t12-/m1/s1. The van der Waals surface area contributed by atoms with Crippen LogP contribution in [0.1, 0.15) is 24.5 Å². The highest BCUT2D eigenvalue weighted by molar-refractivity contribution is 7.89. The second-order valence-electron chi connectivity index (χ2n) is 5.57. The Morgan fingerprint density at radius 1 is 1.33 bits per heavy atom. The summed E-state index contributed by atoms with van der Waals surface area (Å²) in [5.41, 5.74) is 2.44. The van der Waals surface area contributed by atoms with Crippen LogP contribution in [0.3, 0.4) is 0 Å². The van der Waals surface area contributed by atoms with Gasteiger partial charge in [0.2, 0.25) is 10.0 Å². The van der Waals surface area contributed by atoms with Gasteiger partial charge in [-0.1, -0.05) is 6.07 Å². The molecule has 0 spiro atoms. The van der Waals surface area contributed by atoms with Crippen LogP contribution in [-0.4, -0.2) is 24.0 Å². The normalized spacial score (nSPS) is 15.9. The molecule has 3 rings (SSSR count). The molecule has 0 fully saturated rings. The highest BCUT2D eigenvalue weighted by atomic mass is 32.2. The number of fused-ring (bicyclic) bond motifs is 1. The number of imidazole rings is 1. The Morgan fingerprint density at radius 2 is 2.14 bits per heavy atom. The molecule has 5 nitrogen and oxygen atoms in total. The minimum absolute atomic E-state index is 0.197. The molecular formula is C15H19N3O2S. The molecule has 112 valence electrons. The van der Waals surface area contributed by atoms with E-state index in [1.165, 1.54) is 11.1 Å². The van der Waals surface area contributed by atoms with Gasteiger partial charge in [-0.2, -0.15) is 0 Å². The van der Waals surface area contributed by atoms with Crippen molar-refractivity contribution in [3.8, 4) is 0 Å². The Balaban J connectivity index is 1.74. The van der Waals surface area contributed by atoms with E-state index >= 15 is 0 Å². The maximum atomic E-state index is 12.4. The average molecular weight is 305 g/mol. The van der Waals surface area contributed by atoms with Crippen molar-refractivity contribution in [1.82, 2.24) is 14.3 Å². The van der Waals surface area contributed by atoms with Gasteiger partial charge in [0, 0.05) is 25.0 Å². The molecule has 1 aromatic carbocycles. The zero-order valence-corrected chi connectivity index (χ0v) is 12.8. The third-order valence-electron chi connectivity index (χ3n) is 3.78. The number of hydrogen-bond acceptors (Lipinski definition) is 3. The Bertz CT molecular complexity index is 723. The SMILES string of the molecule is C[C@H](Cn1ccnc1)NS(=O)(=O)c1ccc2c(c1)CCC2. The molecule has 1 aromatic heterocycles. The largest absolute Gasteiger partial charge is 0.336 e. The minimum Gasteiger partial charge on any atom is -0.336 e. The van der Waals surface area contributed by atoms with E-state index in [1.54, 1.807) is 18.6 Å². The first-order valence-electron chi connectivity index (χ1n) is 7.14. The van der Waals surface area contributed by atoms with E-state index in [9.17, 15) is 8.42 Å². The molecule has 1 N–H and O–H groups in total. The fourth-order valence-corrected chi connectivity index (χ4v) is 4.08. The average Bonchev–Trinajstić information content (AvgIpc) is 3.07. The van der Waals surface area contributed by atoms with Crippen LogP contribution in [0.25, 0.3) is 0 Å². The lowest BCUT2D eigenvalue weighted by molar-refractivity contribution is 0.520. The van der Waals surface area contributed by atoms with Gasteiger partial charge in [-0.25, -0.2) is 18.1 Å². The molecule has 0 unspecified atom stereocenters. The molecule has 0 saturated heterocycles. The second-order valence-corrected chi connectivity index (χ2v) is 7.28. The minimum atomic E-state index is -3.47. The third-order valence-corrected chi connectivity index (χ3v) is 5.37. The zero-order chi connectivity index (χ0) is 14.9. The lowest BCUT2D eigenvalue weighted by Crippen LogP contribution is -2.35. The van der Waals surface area contributed by atoms with Crippen molar-refractivity contribution in [2.24, 2.45) is 0 Å². The number of sulfonamides is 1. The summed E-state index contributed by atoms with van der Waals surface area (Å²) in [5, 5.41) is 0. The van der Waals surface area contributed by atoms with Crippen molar-refractivity contribution in [2.45, 2.75) is 43.7 Å². The molecule has 0 aliphatic heterocycles. The number of hydrogen-bond donors (Lipinski definition) is 1. The van der Waals surface area contributed by atoms with Gasteiger partial charge in [0.1, 0.15) is 0 Å². The van der Waals surface area contributed by atoms with Crippen LogP contribution in [0.5, 0.6) is 0 Å². The number of aromatic nitrogens is 2. The van der Waals surface area contributed by atoms with Crippen molar-refractivity contribution in [1.29, 1.82) is 0 Å². The first-order valence-corrected chi connectivity index (χ1v) is 8.63. The van der Waals surface area contributed by atoms with Gasteiger partial charge in [0.25, 0.3) is 0 Å². The van der Waals surface area contributed by atoms with E-state index in [-0.39, 0.29) is 6.04 Å². The molecule has 0 bridgehead atoms. The molecule has 6 heteroatoms. The molecule has 1 aliphatic rings. The van der Waals surface area contributed by atoms with Crippen molar-refractivity contribution in [3.05, 3.63) is 48.0 Å². The van der Waals surface area contributed by atoms with Crippen LogP contribution < -0.4 is 4.72 Å². The lowest BCUT2D eigenvalue weighted by Gasteiger charge is -2.15. The van der Waals surface area contributed by atoms with Gasteiger partial charge in [-0.05, 0) is 49.4 Å². The summed E-state index contributed by atoms with van der Waals surface area (Å²) in [6.07, 6.45) is 8.33. The number of rotatable bonds is 5. The molecule has 0 amide bonds. The maximum Gasteiger partial charge on any atom is 0.240 e. The molecule has 1 heterocycles. The molecule has 1 atom stereocenters. The summed E-state index contributed by atoms with van der Waals surface area (Å²) >= 11 is 0. The summed E-state index contributed by atoms with van der Waals surface area (Å²) in [4.78, 5) is 4.32. The van der Waals surface area contributed by atoms with Crippen molar-refractivity contribution >= 4 is 10.0 Å². The Morgan fingerprint density at radius 3 is 2.90 bits per heavy atom. The molecule has 0 saturated carbocycles. The van der Waals surface area contributed by atoms with Gasteiger partial charge in [-0.15, -0.1) is 0 Å². The highest BCUT2D eigenvalue weighted by Gasteiger charge is 2.20. The smallest absolute Gasteiger partial charge is 0.240 e. The number of nitrogens with one attached hydrogen (secondary N) is 1. The lowest BCUT2D eigenvalue weighted by atomic mass is 10.1. The molecular weight excluding hydrogens is 286 g/mol. The fourth-order valence-electron chi connectivity index (χ4n) is 2.80. The van der Waals surface area contributed by atoms with Crippen LogP contribution in [0, 0.1) is 0 Å². The monoisotopic (exact) mass is 305 g/mol. The predicted octanol–water partition coefficient (Wildman–Crippen LogP) is 1.74. The summed E-state index contributed by atoms with van der Waals surface area (Å²) in [7, 11) is -3.47. The van der Waals surface area contributed by atoms with Crippen molar-refractivity contribution in [2.75, 3.05) is 0 Å². The van der Waals surface area contributed by atoms with Gasteiger partial charge in [0.05, 0.1) is 11.2 Å². The second kappa shape index (κ2) is 5.61. The summed E-state index contributed by atoms with van der Waals surface area (Å²) < 4.78 is 29.5. The molecule has 0 radical (unpaired) electrons. The first-order chi connectivity index (χ1) is 10.0. The van der Waals surface area contributed by atoms with Crippen LogP contribution in [0.4, 0.5) is 0 Å². The third kappa shape index (κ3) is 3.16. The fraction of sp³-hybridized carbons (Fsp3) is 0.400. The highest BCUT2D eigenvalue weighted by Crippen LogP contribution is 2.24. The van der Waals surface area contributed by atoms with Crippen LogP contribution in [0.15, 0.2) is 41.8 Å². The summed E-state index contributed by atoms with van der Waals surface area (Å²) in [6, 6.07) is 5.26. The van der Waals surface area contributed by atoms with Gasteiger partial charge < -0.3 is 4.57 Å². The van der Waals surface area contributed by atoms with E-state index in [2.05, 4.69) is 9.71 Å². The summed E-state index contributed by atoms with van der Waals surface area (Å²) in [5.74, 6) is 0. The Kier molecular flexibility index (Phi) is 3.82. The van der Waals surface area contributed by atoms with Gasteiger partial charge in [0.15, 0.2) is 0 Å². The maximum absolute atomic E-state index is 12.4. The number of aryl methyl sites for hydroxylation is 2. The van der Waals surface area contributed by atoms with Gasteiger partial charge >= 0.3 is 0 Å². The Hall–Kier alpha value is -1.66. The van der Waals surface area contributed by atoms with E-state index in [0.717, 1.165) is 19.3 Å². The van der Waals surface area contributed by atoms with E-state index < -0.39 is 10.0 Å².